The van der Waals surface area contributed by atoms with Gasteiger partial charge in [-0.2, -0.15) is 4.72 Å². The smallest absolute Gasteiger partial charge is 0.250 e. The van der Waals surface area contributed by atoms with Crippen molar-refractivity contribution in [1.29, 1.82) is 0 Å². The molecule has 0 unspecified atom stereocenters. The molecule has 1 atom stereocenters. The molecule has 1 amide bonds. The van der Waals surface area contributed by atoms with Crippen LogP contribution < -0.4 is 10.0 Å². The lowest BCUT2D eigenvalue weighted by Gasteiger charge is -2.18. The van der Waals surface area contributed by atoms with Crippen LogP contribution in [-0.2, 0) is 27.8 Å². The molecule has 9 heteroatoms. The van der Waals surface area contributed by atoms with Crippen LogP contribution in [0.4, 0.5) is 0 Å². The molecule has 2 aromatic heterocycles. The van der Waals surface area contributed by atoms with Crippen LogP contribution in [0.2, 0.25) is 0 Å². The second-order valence-electron chi connectivity index (χ2n) is 5.72. The molecule has 3 rings (SSSR count). The largest absolute Gasteiger partial charge is 0.350 e. The summed E-state index contributed by atoms with van der Waals surface area (Å²) in [5.41, 5.74) is 0.879. The number of halogens is 1. The summed E-state index contributed by atoms with van der Waals surface area (Å²) in [5, 5.41) is 4.75. The molecule has 5 nitrogen and oxygen atoms in total. The van der Waals surface area contributed by atoms with Gasteiger partial charge >= 0.3 is 0 Å². The number of benzene rings is 1. The first kappa shape index (κ1) is 20.2. The topological polar surface area (TPSA) is 75.3 Å². The highest BCUT2D eigenvalue weighted by Gasteiger charge is 2.27. The number of nitrogens with one attached hydrogen (secondary N) is 2. The Kier molecular flexibility index (Phi) is 6.83. The van der Waals surface area contributed by atoms with Gasteiger partial charge in [0.15, 0.2) is 0 Å². The summed E-state index contributed by atoms with van der Waals surface area (Å²) in [6, 6.07) is 15.5. The van der Waals surface area contributed by atoms with Crippen LogP contribution in [0, 0.1) is 0 Å². The van der Waals surface area contributed by atoms with Gasteiger partial charge in [0.2, 0.25) is 5.91 Å². The molecule has 0 fully saturated rings. The van der Waals surface area contributed by atoms with Gasteiger partial charge in [-0.3, -0.25) is 4.79 Å². The predicted molar refractivity (Wildman–Crippen MR) is 112 cm³/mol. The highest BCUT2D eigenvalue weighted by atomic mass is 79.9. The fraction of sp³-hybridized carbons (Fsp3) is 0.167. The Balaban J connectivity index is 1.77. The lowest BCUT2D eigenvalue weighted by atomic mass is 10.1. The van der Waals surface area contributed by atoms with Crippen molar-refractivity contribution >= 4 is 54.5 Å². The molecule has 3 aromatic rings. The Morgan fingerprint density at radius 2 is 1.85 bits per heavy atom. The summed E-state index contributed by atoms with van der Waals surface area (Å²) < 4.78 is 28.8. The number of hydrogen-bond donors (Lipinski definition) is 2. The third kappa shape index (κ3) is 5.73. The summed E-state index contributed by atoms with van der Waals surface area (Å²) in [5.74, 6) is -0.355. The van der Waals surface area contributed by atoms with Crippen molar-refractivity contribution in [3.05, 3.63) is 74.2 Å². The van der Waals surface area contributed by atoms with Crippen LogP contribution in [0.1, 0.15) is 10.4 Å². The van der Waals surface area contributed by atoms with Gasteiger partial charge in [0.05, 0.1) is 10.3 Å². The maximum Gasteiger partial charge on any atom is 0.250 e. The van der Waals surface area contributed by atoms with E-state index in [0.29, 0.717) is 10.3 Å². The second kappa shape index (κ2) is 9.11. The molecule has 2 N–H and O–H groups in total. The number of carbonyl (C=O) groups is 1. The van der Waals surface area contributed by atoms with Crippen molar-refractivity contribution in [2.24, 2.45) is 0 Å². The van der Waals surface area contributed by atoms with E-state index in [9.17, 15) is 13.2 Å². The molecule has 1 aromatic carbocycles. The Labute approximate surface area is 174 Å². The third-order valence-corrected chi connectivity index (χ3v) is 8.19. The standard InChI is InChI=1S/C18H17BrN2O3S3/c19-16-8-9-17(26-16)27(23,24)21-15(11-13-5-2-1-3-6-13)18(22)20-12-14-7-4-10-25-14/h1-10,15,21H,11-12H2,(H,20,22)/t15-/m0/s1. The van der Waals surface area contributed by atoms with Gasteiger partial charge < -0.3 is 5.32 Å². The molecular formula is C18H17BrN2O3S3. The molecule has 0 aliphatic rings. The molecule has 142 valence electrons. The average molecular weight is 485 g/mol. The summed E-state index contributed by atoms with van der Waals surface area (Å²) in [4.78, 5) is 13.7. The minimum absolute atomic E-state index is 0.165. The van der Waals surface area contributed by atoms with E-state index in [2.05, 4.69) is 26.0 Å². The van der Waals surface area contributed by atoms with Crippen molar-refractivity contribution in [3.8, 4) is 0 Å². The van der Waals surface area contributed by atoms with Crippen molar-refractivity contribution in [2.45, 2.75) is 23.2 Å². The number of hydrogen-bond acceptors (Lipinski definition) is 5. The Bertz CT molecular complexity index is 986. The third-order valence-electron chi connectivity index (χ3n) is 3.73. The summed E-state index contributed by atoms with van der Waals surface area (Å²) in [6.07, 6.45) is 0.267. The fourth-order valence-corrected chi connectivity index (χ4v) is 6.30. The first-order valence-corrected chi connectivity index (χ1v) is 12.0. The van der Waals surface area contributed by atoms with Crippen LogP contribution in [0.25, 0.3) is 0 Å². The van der Waals surface area contributed by atoms with Gasteiger partial charge in [-0.25, -0.2) is 8.42 Å². The number of amides is 1. The second-order valence-corrected chi connectivity index (χ2v) is 11.2. The molecule has 0 saturated carbocycles. The first-order valence-electron chi connectivity index (χ1n) is 8.06. The number of rotatable bonds is 8. The Morgan fingerprint density at radius 1 is 1.07 bits per heavy atom. The van der Waals surface area contributed by atoms with E-state index in [1.54, 1.807) is 6.07 Å². The quantitative estimate of drug-likeness (QED) is 0.510. The van der Waals surface area contributed by atoms with Gasteiger partial charge in [-0.05, 0) is 51.5 Å². The van der Waals surface area contributed by atoms with Gasteiger partial charge in [0.1, 0.15) is 10.3 Å². The molecule has 0 radical (unpaired) electrons. The van der Waals surface area contributed by atoms with Crippen LogP contribution in [0.3, 0.4) is 0 Å². The summed E-state index contributed by atoms with van der Waals surface area (Å²) in [6.45, 7) is 0.369. The van der Waals surface area contributed by atoms with E-state index in [0.717, 1.165) is 21.8 Å². The number of sulfonamides is 1. The zero-order chi connectivity index (χ0) is 19.3. The van der Waals surface area contributed by atoms with Crippen molar-refractivity contribution < 1.29 is 13.2 Å². The number of thiophene rings is 2. The van der Waals surface area contributed by atoms with E-state index >= 15 is 0 Å². The summed E-state index contributed by atoms with van der Waals surface area (Å²) >= 11 is 5.91. The van der Waals surface area contributed by atoms with Crippen LogP contribution >= 0.6 is 38.6 Å². The monoisotopic (exact) mass is 484 g/mol. The van der Waals surface area contributed by atoms with Gasteiger partial charge in [-0.1, -0.05) is 36.4 Å². The minimum Gasteiger partial charge on any atom is -0.350 e. The molecule has 0 spiro atoms. The van der Waals surface area contributed by atoms with Crippen LogP contribution in [0.15, 0.2) is 68.0 Å². The van der Waals surface area contributed by atoms with Crippen molar-refractivity contribution in [3.63, 3.8) is 0 Å². The first-order chi connectivity index (χ1) is 12.9. The van der Waals surface area contributed by atoms with Gasteiger partial charge in [0.25, 0.3) is 10.0 Å². The SMILES string of the molecule is O=C(NCc1cccs1)[C@H](Cc1ccccc1)NS(=O)(=O)c1ccc(Br)s1. The fourth-order valence-electron chi connectivity index (χ4n) is 2.44. The predicted octanol–water partition coefficient (Wildman–Crippen LogP) is 3.78. The van der Waals surface area contributed by atoms with Crippen LogP contribution in [0.5, 0.6) is 0 Å². The molecular weight excluding hydrogens is 468 g/mol. The Hall–Kier alpha value is -1.52. The minimum atomic E-state index is -3.80. The molecule has 0 aliphatic heterocycles. The summed E-state index contributed by atoms with van der Waals surface area (Å²) in [7, 11) is -3.80. The zero-order valence-electron chi connectivity index (χ0n) is 14.1. The van der Waals surface area contributed by atoms with E-state index in [1.165, 1.54) is 17.4 Å². The van der Waals surface area contributed by atoms with Crippen molar-refractivity contribution in [2.75, 3.05) is 0 Å². The molecule has 27 heavy (non-hydrogen) atoms. The van der Waals surface area contributed by atoms with Gasteiger partial charge in [0, 0.05) is 4.88 Å². The lowest BCUT2D eigenvalue weighted by Crippen LogP contribution is -2.47. The molecule has 0 saturated heterocycles. The van der Waals surface area contributed by atoms with Crippen LogP contribution in [-0.4, -0.2) is 20.4 Å². The van der Waals surface area contributed by atoms with Gasteiger partial charge in [-0.15, -0.1) is 22.7 Å². The molecule has 0 bridgehead atoms. The normalized spacial score (nSPS) is 12.6. The molecule has 0 aliphatic carbocycles. The van der Waals surface area contributed by atoms with E-state index in [-0.39, 0.29) is 16.5 Å². The highest BCUT2D eigenvalue weighted by molar-refractivity contribution is 9.11. The maximum absolute atomic E-state index is 12.7. The van der Waals surface area contributed by atoms with Crippen molar-refractivity contribution in [1.82, 2.24) is 10.0 Å². The maximum atomic E-state index is 12.7. The average Bonchev–Trinajstić information content (AvgIpc) is 3.31. The highest BCUT2D eigenvalue weighted by Crippen LogP contribution is 2.26. The lowest BCUT2D eigenvalue weighted by molar-refractivity contribution is -0.122. The van der Waals surface area contributed by atoms with E-state index < -0.39 is 16.1 Å². The zero-order valence-corrected chi connectivity index (χ0v) is 18.1. The number of carbonyl (C=O) groups excluding carboxylic acids is 1. The molecule has 2 heterocycles. The Morgan fingerprint density at radius 3 is 2.48 bits per heavy atom. The van der Waals surface area contributed by atoms with E-state index in [4.69, 9.17) is 0 Å². The van der Waals surface area contributed by atoms with E-state index in [1.807, 2.05) is 47.8 Å².